The van der Waals surface area contributed by atoms with Crippen LogP contribution in [0.5, 0.6) is 5.75 Å². The van der Waals surface area contributed by atoms with Crippen LogP contribution in [-0.2, 0) is 17.8 Å². The van der Waals surface area contributed by atoms with Crippen molar-refractivity contribution in [1.82, 2.24) is 15.6 Å². The van der Waals surface area contributed by atoms with Gasteiger partial charge in [-0.3, -0.25) is 9.59 Å². The average Bonchev–Trinajstić information content (AvgIpc) is 3.26. The van der Waals surface area contributed by atoms with Crippen molar-refractivity contribution in [1.29, 1.82) is 0 Å². The monoisotopic (exact) mass is 471 g/mol. The molecule has 6 nitrogen and oxygen atoms in total. The molecule has 0 spiro atoms. The van der Waals surface area contributed by atoms with Gasteiger partial charge in [0.25, 0.3) is 11.8 Å². The summed E-state index contributed by atoms with van der Waals surface area (Å²) in [5.74, 6) is 0.603. The van der Waals surface area contributed by atoms with Gasteiger partial charge in [0.2, 0.25) is 0 Å². The maximum Gasteiger partial charge on any atom is 0.270 e. The zero-order valence-electron chi connectivity index (χ0n) is 18.1. The number of nitrogens with zero attached hydrogens (tertiary/aromatic N) is 1. The minimum atomic E-state index is -0.249. The Balaban J connectivity index is 1.38. The minimum absolute atomic E-state index is 0.0801. The van der Waals surface area contributed by atoms with Crippen LogP contribution in [0.1, 0.15) is 46.4 Å². The number of rotatable bonds is 10. The molecule has 0 saturated carbocycles. The van der Waals surface area contributed by atoms with Gasteiger partial charge >= 0.3 is 0 Å². The largest absolute Gasteiger partial charge is 0.484 e. The SMILES string of the molecule is CC(C)c1ccc(OCC(=O)NCc2nc(C(=O)NCCc3cccc(Cl)c3)cs2)cc1. The fourth-order valence-corrected chi connectivity index (χ4v) is 3.85. The van der Waals surface area contributed by atoms with E-state index in [4.69, 9.17) is 16.3 Å². The van der Waals surface area contributed by atoms with Crippen molar-refractivity contribution in [3.63, 3.8) is 0 Å². The quantitative estimate of drug-likeness (QED) is 0.453. The lowest BCUT2D eigenvalue weighted by molar-refractivity contribution is -0.123. The van der Waals surface area contributed by atoms with Crippen LogP contribution >= 0.6 is 22.9 Å². The normalized spacial score (nSPS) is 10.8. The van der Waals surface area contributed by atoms with Crippen molar-refractivity contribution >= 4 is 34.8 Å². The zero-order valence-corrected chi connectivity index (χ0v) is 19.6. The number of hydrogen-bond donors (Lipinski definition) is 2. The Kier molecular flexibility index (Phi) is 8.64. The van der Waals surface area contributed by atoms with Gasteiger partial charge in [-0.15, -0.1) is 11.3 Å². The topological polar surface area (TPSA) is 80.3 Å². The summed E-state index contributed by atoms with van der Waals surface area (Å²) in [5, 5.41) is 8.62. The van der Waals surface area contributed by atoms with E-state index in [1.54, 1.807) is 5.38 Å². The van der Waals surface area contributed by atoms with Gasteiger partial charge in [0, 0.05) is 16.9 Å². The summed E-state index contributed by atoms with van der Waals surface area (Å²) >= 11 is 7.30. The summed E-state index contributed by atoms with van der Waals surface area (Å²) in [6.45, 7) is 4.90. The third kappa shape index (κ3) is 7.35. The predicted molar refractivity (Wildman–Crippen MR) is 127 cm³/mol. The molecule has 3 rings (SSSR count). The first-order valence-corrected chi connectivity index (χ1v) is 11.6. The molecule has 168 valence electrons. The molecular formula is C24H26ClN3O3S. The Morgan fingerprint density at radius 3 is 2.62 bits per heavy atom. The first-order valence-electron chi connectivity index (χ1n) is 10.4. The van der Waals surface area contributed by atoms with E-state index in [-0.39, 0.29) is 25.0 Å². The smallest absolute Gasteiger partial charge is 0.270 e. The molecule has 2 aromatic carbocycles. The molecule has 0 radical (unpaired) electrons. The van der Waals surface area contributed by atoms with E-state index in [9.17, 15) is 9.59 Å². The second-order valence-corrected chi connectivity index (χ2v) is 8.93. The number of amides is 2. The summed E-state index contributed by atoms with van der Waals surface area (Å²) < 4.78 is 5.52. The average molecular weight is 472 g/mol. The number of carbonyl (C=O) groups is 2. The maximum atomic E-state index is 12.3. The lowest BCUT2D eigenvalue weighted by atomic mass is 10.0. The Labute approximate surface area is 197 Å². The third-order valence-corrected chi connectivity index (χ3v) is 5.81. The number of thiazole rings is 1. The summed E-state index contributed by atoms with van der Waals surface area (Å²) in [7, 11) is 0. The first-order chi connectivity index (χ1) is 15.4. The Bertz CT molecular complexity index is 1050. The number of nitrogens with one attached hydrogen (secondary N) is 2. The van der Waals surface area contributed by atoms with Gasteiger partial charge in [-0.1, -0.05) is 49.7 Å². The molecule has 0 aliphatic carbocycles. The van der Waals surface area contributed by atoms with E-state index in [2.05, 4.69) is 29.5 Å². The van der Waals surface area contributed by atoms with Crippen molar-refractivity contribution in [3.8, 4) is 5.75 Å². The van der Waals surface area contributed by atoms with Crippen molar-refractivity contribution in [2.75, 3.05) is 13.2 Å². The highest BCUT2D eigenvalue weighted by Crippen LogP contribution is 2.18. The van der Waals surface area contributed by atoms with Crippen molar-refractivity contribution in [2.45, 2.75) is 32.7 Å². The van der Waals surface area contributed by atoms with Crippen molar-refractivity contribution in [2.24, 2.45) is 0 Å². The lowest BCUT2D eigenvalue weighted by Gasteiger charge is -2.09. The van der Waals surface area contributed by atoms with Gasteiger partial charge in [-0.05, 0) is 47.7 Å². The number of carbonyl (C=O) groups excluding carboxylic acids is 2. The van der Waals surface area contributed by atoms with Crippen LogP contribution in [0.4, 0.5) is 0 Å². The van der Waals surface area contributed by atoms with Gasteiger partial charge in [0.15, 0.2) is 6.61 Å². The number of aromatic nitrogens is 1. The van der Waals surface area contributed by atoms with Crippen LogP contribution in [-0.4, -0.2) is 29.9 Å². The highest BCUT2D eigenvalue weighted by atomic mass is 35.5. The number of ether oxygens (including phenoxy) is 1. The van der Waals surface area contributed by atoms with Gasteiger partial charge < -0.3 is 15.4 Å². The van der Waals surface area contributed by atoms with Gasteiger partial charge in [0.05, 0.1) is 6.54 Å². The molecule has 0 bridgehead atoms. The summed E-state index contributed by atoms with van der Waals surface area (Å²) in [4.78, 5) is 28.6. The summed E-state index contributed by atoms with van der Waals surface area (Å²) in [6.07, 6.45) is 0.680. The van der Waals surface area contributed by atoms with Crippen LogP contribution in [0.3, 0.4) is 0 Å². The summed E-state index contributed by atoms with van der Waals surface area (Å²) in [6, 6.07) is 15.3. The van der Waals surface area contributed by atoms with E-state index < -0.39 is 0 Å². The summed E-state index contributed by atoms with van der Waals surface area (Å²) in [5.41, 5.74) is 2.61. The first kappa shape index (κ1) is 23.8. The molecule has 0 aliphatic rings. The molecule has 0 fully saturated rings. The van der Waals surface area contributed by atoms with Crippen LogP contribution in [0.15, 0.2) is 53.9 Å². The Morgan fingerprint density at radius 1 is 1.12 bits per heavy atom. The van der Waals surface area contributed by atoms with Crippen LogP contribution in [0, 0.1) is 0 Å². The molecule has 1 heterocycles. The molecule has 8 heteroatoms. The molecule has 0 unspecified atom stereocenters. The van der Waals surface area contributed by atoms with Gasteiger partial charge in [0.1, 0.15) is 16.5 Å². The van der Waals surface area contributed by atoms with Gasteiger partial charge in [-0.2, -0.15) is 0 Å². The standard InChI is InChI=1S/C24H26ClN3O3S/c1-16(2)18-6-8-20(9-7-18)31-14-22(29)27-13-23-28-21(15-32-23)24(30)26-11-10-17-4-3-5-19(25)12-17/h3-9,12,15-16H,10-11,13-14H2,1-2H3,(H,26,30)(H,27,29). The Morgan fingerprint density at radius 2 is 1.91 bits per heavy atom. The second kappa shape index (κ2) is 11.6. The predicted octanol–water partition coefficient (Wildman–Crippen LogP) is 4.59. The second-order valence-electron chi connectivity index (χ2n) is 7.55. The molecule has 0 aliphatic heterocycles. The van der Waals surface area contributed by atoms with Crippen LogP contribution < -0.4 is 15.4 Å². The number of halogens is 1. The fraction of sp³-hybridized carbons (Fsp3) is 0.292. The number of hydrogen-bond acceptors (Lipinski definition) is 5. The fourth-order valence-electron chi connectivity index (χ4n) is 2.92. The molecule has 2 N–H and O–H groups in total. The van der Waals surface area contributed by atoms with Crippen molar-refractivity contribution < 1.29 is 14.3 Å². The van der Waals surface area contributed by atoms with Crippen molar-refractivity contribution in [3.05, 3.63) is 80.8 Å². The highest BCUT2D eigenvalue weighted by Gasteiger charge is 2.11. The molecule has 2 amide bonds. The van der Waals surface area contributed by atoms with E-state index in [1.807, 2.05) is 48.5 Å². The third-order valence-electron chi connectivity index (χ3n) is 4.73. The molecule has 32 heavy (non-hydrogen) atoms. The van der Waals surface area contributed by atoms with Crippen LogP contribution in [0.2, 0.25) is 5.02 Å². The van der Waals surface area contributed by atoms with Crippen LogP contribution in [0.25, 0.3) is 0 Å². The van der Waals surface area contributed by atoms with E-state index in [0.717, 1.165) is 5.56 Å². The number of benzene rings is 2. The maximum absolute atomic E-state index is 12.3. The zero-order chi connectivity index (χ0) is 22.9. The lowest BCUT2D eigenvalue weighted by Crippen LogP contribution is -2.28. The van der Waals surface area contributed by atoms with Gasteiger partial charge in [-0.25, -0.2) is 4.98 Å². The highest BCUT2D eigenvalue weighted by molar-refractivity contribution is 7.09. The molecule has 3 aromatic rings. The van der Waals surface area contributed by atoms with E-state index >= 15 is 0 Å². The molecule has 0 atom stereocenters. The molecular weight excluding hydrogens is 446 g/mol. The van der Waals surface area contributed by atoms with E-state index in [1.165, 1.54) is 16.9 Å². The molecule has 0 saturated heterocycles. The Hall–Kier alpha value is -2.90. The van der Waals surface area contributed by atoms with E-state index in [0.29, 0.717) is 40.4 Å². The molecule has 1 aromatic heterocycles. The minimum Gasteiger partial charge on any atom is -0.484 e.